The molecule has 0 radical (unpaired) electrons. The third-order valence-electron chi connectivity index (χ3n) is 13.4. The highest BCUT2D eigenvalue weighted by atomic mass is 16.4. The summed E-state index contributed by atoms with van der Waals surface area (Å²) < 4.78 is 0. The number of hydrogen-bond acceptors (Lipinski definition) is 15. The van der Waals surface area contributed by atoms with Gasteiger partial charge in [-0.3, -0.25) is 57.7 Å². The Morgan fingerprint density at radius 2 is 1.24 bits per heavy atom. The van der Waals surface area contributed by atoms with Gasteiger partial charge in [0.1, 0.15) is 48.3 Å². The van der Waals surface area contributed by atoms with Crippen LogP contribution in [0.25, 0.3) is 10.9 Å². The van der Waals surface area contributed by atoms with E-state index in [0.29, 0.717) is 48.7 Å². The summed E-state index contributed by atoms with van der Waals surface area (Å²) in [5.41, 5.74) is 34.7. The Balaban J connectivity index is 1.92. The van der Waals surface area contributed by atoms with E-state index >= 15 is 0 Å². The Kier molecular flexibility index (Phi) is 27.6. The number of carboxylic acids is 2. The van der Waals surface area contributed by atoms with Crippen molar-refractivity contribution >= 4 is 87.9 Å². The number of fused-ring (bicyclic) bond motifs is 1. The number of H-pyrrole nitrogens is 1. The number of carbonyl (C=O) groups excluding carboxylic acids is 10. The van der Waals surface area contributed by atoms with Gasteiger partial charge in [-0.2, -0.15) is 0 Å². The van der Waals surface area contributed by atoms with Gasteiger partial charge in [0, 0.05) is 43.0 Å². The lowest BCUT2D eigenvalue weighted by Crippen LogP contribution is -2.61. The average molecular weight is 1160 g/mol. The van der Waals surface area contributed by atoms with Crippen molar-refractivity contribution in [3.8, 4) is 0 Å². The molecule has 10 amide bonds. The number of para-hydroxylation sites is 1. The maximum absolute atomic E-state index is 14.2. The summed E-state index contributed by atoms with van der Waals surface area (Å²) in [7, 11) is 0. The SMILES string of the molecule is CC(C)C[C@H](NC(=O)[C@H](Cc1c[nH]c2ccccc12)NC(=O)[C@H](CC(=O)O)NC(=O)[C@H](CCC(N)=O)NC(=O)[C@H](CC(N)=O)NC(=O)[C@H](CCCN=C(N)N)NC(=O)[C@@H]1CCCN1C(=O)[C@@H](NC(=O)[C@@H](N)CCCCN)C(C)C)C(=O)O. The number of nitrogens with one attached hydrogen (secondary N) is 8. The molecule has 1 aromatic carbocycles. The number of primary amides is 2. The van der Waals surface area contributed by atoms with Gasteiger partial charge in [0.2, 0.25) is 59.1 Å². The zero-order valence-electron chi connectivity index (χ0n) is 46.7. The van der Waals surface area contributed by atoms with E-state index in [4.69, 9.17) is 34.4 Å². The van der Waals surface area contributed by atoms with Crippen LogP contribution in [0.1, 0.15) is 110 Å². The standard InChI is InChI=1S/C52H82N16O14/c1-26(2)21-37(51(81)82)66-46(76)34(22-28-25-60-31-13-6-5-11-29(28)31)63-48(78)36(24-41(71)72)65-45(75)33(16-17-39(55)69)61-47(77)35(23-40(56)70)64-44(74)32(14-9-19-59-52(57)58)62-49(79)38-15-10-20-68(38)50(80)42(27(3)4)67-43(73)30(54)12-7-8-18-53/h5-6,11,13,25-27,30,32-38,42,60H,7-10,12,14-24,53-54H2,1-4H3,(H2,55,69)(H2,56,70)(H,61,77)(H,62,79)(H,63,78)(H,64,74)(H,65,75)(H,66,76)(H,67,73)(H,71,72)(H,81,82)(H4,57,58,59)/t30-,32-,33-,34-,35-,36-,37-,38-,42-/m0/s1. The van der Waals surface area contributed by atoms with E-state index in [2.05, 4.69) is 47.2 Å². The van der Waals surface area contributed by atoms with Crippen LogP contribution in [0.2, 0.25) is 0 Å². The number of nitrogens with two attached hydrogens (primary N) is 6. The lowest BCUT2D eigenvalue weighted by molar-refractivity contribution is -0.143. The molecule has 0 spiro atoms. The molecule has 22 N–H and O–H groups in total. The van der Waals surface area contributed by atoms with Crippen molar-refractivity contribution in [2.75, 3.05) is 19.6 Å². The highest BCUT2D eigenvalue weighted by Crippen LogP contribution is 2.22. The van der Waals surface area contributed by atoms with Gasteiger partial charge in [0.05, 0.1) is 18.9 Å². The summed E-state index contributed by atoms with van der Waals surface area (Å²) in [6.45, 7) is 7.36. The van der Waals surface area contributed by atoms with Crippen LogP contribution in [-0.2, 0) is 64.0 Å². The number of benzene rings is 1. The lowest BCUT2D eigenvalue weighted by Gasteiger charge is -2.32. The molecule has 2 aromatic rings. The molecule has 30 nitrogen and oxygen atoms in total. The highest BCUT2D eigenvalue weighted by molar-refractivity contribution is 6.00. The van der Waals surface area contributed by atoms with E-state index in [0.717, 1.165) is 0 Å². The maximum atomic E-state index is 14.2. The third kappa shape index (κ3) is 22.3. The first-order chi connectivity index (χ1) is 38.6. The van der Waals surface area contributed by atoms with Crippen LogP contribution in [0.5, 0.6) is 0 Å². The molecule has 0 bridgehead atoms. The van der Waals surface area contributed by atoms with E-state index in [1.54, 1.807) is 58.2 Å². The van der Waals surface area contributed by atoms with Crippen molar-refractivity contribution in [3.63, 3.8) is 0 Å². The smallest absolute Gasteiger partial charge is 0.326 e. The minimum absolute atomic E-state index is 0.00610. The second-order valence-corrected chi connectivity index (χ2v) is 20.9. The number of nitrogens with zero attached hydrogens (tertiary/aromatic N) is 2. The van der Waals surface area contributed by atoms with Crippen LogP contribution in [0.4, 0.5) is 0 Å². The fraction of sp³-hybridized carbons (Fsp3) is 0.596. The number of aromatic amines is 1. The van der Waals surface area contributed by atoms with E-state index in [1.165, 1.54) is 4.90 Å². The van der Waals surface area contributed by atoms with Gasteiger partial charge in [0.25, 0.3) is 0 Å². The fourth-order valence-electron chi connectivity index (χ4n) is 9.07. The topological polar surface area (TPSA) is 517 Å². The van der Waals surface area contributed by atoms with Crippen LogP contribution >= 0.6 is 0 Å². The fourth-order valence-corrected chi connectivity index (χ4v) is 9.07. The van der Waals surface area contributed by atoms with E-state index < -0.39 is 157 Å². The quantitative estimate of drug-likeness (QED) is 0.0176. The number of aliphatic carboxylic acids is 2. The molecular formula is C52H82N16O14. The lowest BCUT2D eigenvalue weighted by atomic mass is 10.0. The van der Waals surface area contributed by atoms with Crippen molar-refractivity contribution in [3.05, 3.63) is 36.0 Å². The molecule has 1 saturated heterocycles. The third-order valence-corrected chi connectivity index (χ3v) is 13.4. The van der Waals surface area contributed by atoms with Gasteiger partial charge in [-0.25, -0.2) is 4.79 Å². The Morgan fingerprint density at radius 3 is 1.82 bits per heavy atom. The number of amides is 10. The number of carbonyl (C=O) groups is 12. The second-order valence-electron chi connectivity index (χ2n) is 20.9. The van der Waals surface area contributed by atoms with Crippen LogP contribution in [0.15, 0.2) is 35.5 Å². The number of guanidine groups is 1. The number of likely N-dealkylation sites (tertiary alicyclic amines) is 1. The predicted molar refractivity (Wildman–Crippen MR) is 297 cm³/mol. The van der Waals surface area contributed by atoms with Crippen molar-refractivity contribution in [1.82, 2.24) is 47.1 Å². The van der Waals surface area contributed by atoms with Crippen molar-refractivity contribution in [2.45, 2.75) is 166 Å². The molecule has 3 rings (SSSR count). The number of aromatic nitrogens is 1. The first kappa shape index (κ1) is 67.9. The van der Waals surface area contributed by atoms with Crippen molar-refractivity contribution in [1.29, 1.82) is 0 Å². The monoisotopic (exact) mass is 1150 g/mol. The second kappa shape index (κ2) is 33.4. The summed E-state index contributed by atoms with van der Waals surface area (Å²) in [4.78, 5) is 169. The van der Waals surface area contributed by atoms with Crippen LogP contribution in [0.3, 0.4) is 0 Å². The Morgan fingerprint density at radius 1 is 0.671 bits per heavy atom. The molecular weight excluding hydrogens is 1070 g/mol. The molecule has 0 saturated carbocycles. The summed E-state index contributed by atoms with van der Waals surface area (Å²) in [5, 5.41) is 37.5. The number of unbranched alkanes of at least 4 members (excludes halogenated alkanes) is 1. The van der Waals surface area contributed by atoms with Crippen molar-refractivity contribution in [2.24, 2.45) is 51.2 Å². The first-order valence-electron chi connectivity index (χ1n) is 27.1. The van der Waals surface area contributed by atoms with Gasteiger partial charge in [-0.1, -0.05) is 52.3 Å². The minimum Gasteiger partial charge on any atom is -0.481 e. The van der Waals surface area contributed by atoms with Crippen molar-refractivity contribution < 1.29 is 67.7 Å². The highest BCUT2D eigenvalue weighted by Gasteiger charge is 2.41. The molecule has 0 unspecified atom stereocenters. The Hall–Kier alpha value is -8.41. The van der Waals surface area contributed by atoms with Gasteiger partial charge >= 0.3 is 11.9 Å². The Labute approximate surface area is 473 Å². The summed E-state index contributed by atoms with van der Waals surface area (Å²) >= 11 is 0. The molecule has 9 atom stereocenters. The van der Waals surface area contributed by atoms with E-state index in [-0.39, 0.29) is 57.1 Å². The van der Waals surface area contributed by atoms with Gasteiger partial charge in [-0.15, -0.1) is 0 Å². The van der Waals surface area contributed by atoms with Gasteiger partial charge < -0.3 is 91.7 Å². The largest absolute Gasteiger partial charge is 0.481 e. The number of aliphatic imine (C=N–C) groups is 1. The van der Waals surface area contributed by atoms with Crippen LogP contribution in [-0.4, -0.2) is 171 Å². The zero-order chi connectivity index (χ0) is 61.4. The minimum atomic E-state index is -2.00. The number of carboxylic acid groups (broad SMARTS) is 2. The number of rotatable bonds is 36. The van der Waals surface area contributed by atoms with Gasteiger partial charge in [-0.05, 0) is 81.4 Å². The molecule has 454 valence electrons. The van der Waals surface area contributed by atoms with Crippen LogP contribution < -0.4 is 71.6 Å². The molecule has 0 aliphatic carbocycles. The molecule has 1 aliphatic heterocycles. The molecule has 82 heavy (non-hydrogen) atoms. The van der Waals surface area contributed by atoms with E-state index in [1.807, 2.05) is 0 Å². The summed E-state index contributed by atoms with van der Waals surface area (Å²) in [6, 6.07) is -6.41. The van der Waals surface area contributed by atoms with Gasteiger partial charge in [0.15, 0.2) is 5.96 Å². The number of hydrogen-bond donors (Lipinski definition) is 16. The predicted octanol–water partition coefficient (Wildman–Crippen LogP) is -3.99. The summed E-state index contributed by atoms with van der Waals surface area (Å²) in [5.74, 6) is -13.7. The first-order valence-corrected chi connectivity index (χ1v) is 27.1. The molecule has 2 heterocycles. The van der Waals surface area contributed by atoms with E-state index in [9.17, 15) is 67.7 Å². The van der Waals surface area contributed by atoms with Crippen LogP contribution in [0, 0.1) is 11.8 Å². The molecule has 1 aliphatic rings. The normalized spacial score (nSPS) is 16.0. The Bertz CT molecular complexity index is 2620. The molecule has 1 fully saturated rings. The molecule has 30 heteroatoms. The average Bonchev–Trinajstić information content (AvgIpc) is 4.24. The summed E-state index contributed by atoms with van der Waals surface area (Å²) in [6.07, 6.45) is 0.0555. The maximum Gasteiger partial charge on any atom is 0.326 e. The molecule has 1 aromatic heterocycles. The zero-order valence-corrected chi connectivity index (χ0v) is 46.7.